The van der Waals surface area contributed by atoms with Crippen LogP contribution in [-0.4, -0.2) is 5.78 Å². The van der Waals surface area contributed by atoms with Crippen molar-refractivity contribution in [3.63, 3.8) is 0 Å². The molecule has 0 saturated carbocycles. The zero-order chi connectivity index (χ0) is 9.59. The van der Waals surface area contributed by atoms with E-state index in [0.717, 1.165) is 28.1 Å². The molecule has 0 heterocycles. The number of rotatable bonds is 0. The van der Waals surface area contributed by atoms with Crippen LogP contribution in [-0.2, 0) is 6.42 Å². The smallest absolute Gasteiger partial charge is 0.166 e. The molecule has 0 aromatic heterocycles. The summed E-state index contributed by atoms with van der Waals surface area (Å²) in [6, 6.07) is 3.86. The third kappa shape index (κ3) is 1.28. The molecule has 0 fully saturated rings. The number of fused-ring (bicyclic) bond motifs is 1. The molecule has 13 heavy (non-hydrogen) atoms. The van der Waals surface area contributed by atoms with E-state index in [1.54, 1.807) is 0 Å². The Morgan fingerprint density at radius 3 is 2.85 bits per heavy atom. The van der Waals surface area contributed by atoms with Gasteiger partial charge in [0, 0.05) is 16.5 Å². The molecule has 0 unspecified atom stereocenters. The van der Waals surface area contributed by atoms with Crippen molar-refractivity contribution in [2.24, 2.45) is 5.92 Å². The molecule has 0 bridgehead atoms. The number of aryl methyl sites for hydroxylation is 1. The predicted octanol–water partition coefficient (Wildman–Crippen LogP) is 3.02. The monoisotopic (exact) mass is 194 g/mol. The fourth-order valence-corrected chi connectivity index (χ4v) is 2.21. The molecular formula is C11H11ClO. The lowest BCUT2D eigenvalue weighted by Gasteiger charge is -2.01. The molecule has 1 nitrogen and oxygen atoms in total. The fraction of sp³-hybridized carbons (Fsp3) is 0.364. The fourth-order valence-electron chi connectivity index (χ4n) is 1.86. The van der Waals surface area contributed by atoms with Crippen molar-refractivity contribution < 1.29 is 4.79 Å². The molecule has 0 amide bonds. The number of benzene rings is 1. The minimum atomic E-state index is 0.106. The minimum Gasteiger partial charge on any atom is -0.294 e. The molecule has 1 atom stereocenters. The number of hydrogen-bond donors (Lipinski definition) is 0. The van der Waals surface area contributed by atoms with E-state index < -0.39 is 0 Å². The van der Waals surface area contributed by atoms with Crippen LogP contribution in [0.5, 0.6) is 0 Å². The van der Waals surface area contributed by atoms with Crippen LogP contribution in [0.3, 0.4) is 0 Å². The first-order chi connectivity index (χ1) is 6.09. The lowest BCUT2D eigenvalue weighted by Crippen LogP contribution is -2.02. The van der Waals surface area contributed by atoms with Crippen LogP contribution in [0.2, 0.25) is 5.02 Å². The molecule has 0 spiro atoms. The van der Waals surface area contributed by atoms with Gasteiger partial charge in [0.2, 0.25) is 0 Å². The van der Waals surface area contributed by atoms with Crippen LogP contribution in [0.4, 0.5) is 0 Å². The first-order valence-electron chi connectivity index (χ1n) is 4.43. The maximum atomic E-state index is 11.6. The highest BCUT2D eigenvalue weighted by atomic mass is 35.5. The van der Waals surface area contributed by atoms with Crippen molar-refractivity contribution in [1.82, 2.24) is 0 Å². The van der Waals surface area contributed by atoms with Gasteiger partial charge in [-0.15, -0.1) is 0 Å². The van der Waals surface area contributed by atoms with E-state index in [2.05, 4.69) is 0 Å². The van der Waals surface area contributed by atoms with Gasteiger partial charge in [0.15, 0.2) is 5.78 Å². The molecule has 2 rings (SSSR count). The maximum absolute atomic E-state index is 11.6. The molecule has 1 aromatic carbocycles. The minimum absolute atomic E-state index is 0.106. The number of carbonyl (C=O) groups excluding carboxylic acids is 1. The highest BCUT2D eigenvalue weighted by Crippen LogP contribution is 2.32. The average molecular weight is 195 g/mol. The second kappa shape index (κ2) is 2.85. The summed E-state index contributed by atoms with van der Waals surface area (Å²) < 4.78 is 0. The molecular weight excluding hydrogens is 184 g/mol. The normalized spacial score (nSPS) is 20.5. The number of hydrogen-bond acceptors (Lipinski definition) is 1. The van der Waals surface area contributed by atoms with Gasteiger partial charge in [-0.1, -0.05) is 18.5 Å². The molecule has 0 aliphatic heterocycles. The van der Waals surface area contributed by atoms with Crippen LogP contribution in [0.1, 0.15) is 28.4 Å². The number of carbonyl (C=O) groups is 1. The predicted molar refractivity (Wildman–Crippen MR) is 53.4 cm³/mol. The van der Waals surface area contributed by atoms with Crippen molar-refractivity contribution in [2.75, 3.05) is 0 Å². The SMILES string of the molecule is Cc1cc(Cl)c2c(c1)C(=O)[C@@H](C)C2. The topological polar surface area (TPSA) is 17.1 Å². The van der Waals surface area contributed by atoms with Crippen LogP contribution >= 0.6 is 11.6 Å². The van der Waals surface area contributed by atoms with E-state index >= 15 is 0 Å². The lowest BCUT2D eigenvalue weighted by atomic mass is 10.1. The van der Waals surface area contributed by atoms with Crippen molar-refractivity contribution in [1.29, 1.82) is 0 Å². The van der Waals surface area contributed by atoms with E-state index in [1.165, 1.54) is 0 Å². The first-order valence-corrected chi connectivity index (χ1v) is 4.80. The van der Waals surface area contributed by atoms with E-state index in [1.807, 2.05) is 26.0 Å². The van der Waals surface area contributed by atoms with E-state index in [0.29, 0.717) is 0 Å². The molecule has 1 aromatic rings. The summed E-state index contributed by atoms with van der Waals surface area (Å²) in [6.07, 6.45) is 0.799. The third-order valence-electron chi connectivity index (χ3n) is 2.56. The Morgan fingerprint density at radius 1 is 1.46 bits per heavy atom. The molecule has 68 valence electrons. The quantitative estimate of drug-likeness (QED) is 0.621. The lowest BCUT2D eigenvalue weighted by molar-refractivity contribution is 0.0946. The van der Waals surface area contributed by atoms with Crippen molar-refractivity contribution in [2.45, 2.75) is 20.3 Å². The molecule has 0 N–H and O–H groups in total. The zero-order valence-electron chi connectivity index (χ0n) is 7.73. The van der Waals surface area contributed by atoms with Gasteiger partial charge in [0.25, 0.3) is 0 Å². The summed E-state index contributed by atoms with van der Waals surface area (Å²) in [4.78, 5) is 11.6. The molecule has 0 radical (unpaired) electrons. The molecule has 0 saturated heterocycles. The van der Waals surface area contributed by atoms with Crippen molar-refractivity contribution >= 4 is 17.4 Å². The second-order valence-electron chi connectivity index (χ2n) is 3.74. The summed E-state index contributed by atoms with van der Waals surface area (Å²) in [6.45, 7) is 3.91. The summed E-state index contributed by atoms with van der Waals surface area (Å²) in [5.74, 6) is 0.343. The highest BCUT2D eigenvalue weighted by Gasteiger charge is 2.28. The second-order valence-corrected chi connectivity index (χ2v) is 4.15. The molecule has 1 aliphatic rings. The molecule has 2 heteroatoms. The third-order valence-corrected chi connectivity index (χ3v) is 2.90. The first kappa shape index (κ1) is 8.76. The van der Waals surface area contributed by atoms with E-state index in [4.69, 9.17) is 11.6 Å². The van der Waals surface area contributed by atoms with Gasteiger partial charge < -0.3 is 0 Å². The zero-order valence-corrected chi connectivity index (χ0v) is 8.48. The Labute approximate surface area is 82.7 Å². The van der Waals surface area contributed by atoms with Crippen LogP contribution in [0.15, 0.2) is 12.1 Å². The van der Waals surface area contributed by atoms with Crippen LogP contribution in [0, 0.1) is 12.8 Å². The van der Waals surface area contributed by atoms with Gasteiger partial charge in [-0.05, 0) is 36.6 Å². The Kier molecular flexibility index (Phi) is 1.92. The summed E-state index contributed by atoms with van der Waals surface area (Å²) >= 11 is 6.05. The summed E-state index contributed by atoms with van der Waals surface area (Å²) in [7, 11) is 0. The average Bonchev–Trinajstić information content (AvgIpc) is 2.32. The van der Waals surface area contributed by atoms with Gasteiger partial charge in [-0.3, -0.25) is 4.79 Å². The number of ketones is 1. The highest BCUT2D eigenvalue weighted by molar-refractivity contribution is 6.32. The van der Waals surface area contributed by atoms with Crippen molar-refractivity contribution in [3.05, 3.63) is 33.8 Å². The Morgan fingerprint density at radius 2 is 2.15 bits per heavy atom. The van der Waals surface area contributed by atoms with Crippen molar-refractivity contribution in [3.8, 4) is 0 Å². The van der Waals surface area contributed by atoms with Gasteiger partial charge in [-0.25, -0.2) is 0 Å². The maximum Gasteiger partial charge on any atom is 0.166 e. The Hall–Kier alpha value is -0.820. The number of Topliss-reactive ketones (excluding diaryl/α,β-unsaturated/α-hetero) is 1. The number of halogens is 1. The largest absolute Gasteiger partial charge is 0.294 e. The van der Waals surface area contributed by atoms with E-state index in [-0.39, 0.29) is 11.7 Å². The van der Waals surface area contributed by atoms with Gasteiger partial charge in [-0.2, -0.15) is 0 Å². The summed E-state index contributed by atoms with van der Waals surface area (Å²) in [5.41, 5.74) is 2.92. The summed E-state index contributed by atoms with van der Waals surface area (Å²) in [5, 5.41) is 0.743. The van der Waals surface area contributed by atoms with E-state index in [9.17, 15) is 4.79 Å². The Bertz CT molecular complexity index is 382. The van der Waals surface area contributed by atoms with Gasteiger partial charge in [0.05, 0.1) is 0 Å². The van der Waals surface area contributed by atoms with Crippen LogP contribution in [0.25, 0.3) is 0 Å². The Balaban J connectivity index is 2.64. The van der Waals surface area contributed by atoms with Gasteiger partial charge in [0.1, 0.15) is 0 Å². The van der Waals surface area contributed by atoms with Gasteiger partial charge >= 0.3 is 0 Å². The molecule has 1 aliphatic carbocycles. The standard InChI is InChI=1S/C11H11ClO/c1-6-3-9-8(10(12)4-6)5-7(2)11(9)13/h3-4,7H,5H2,1-2H3/t7-/m0/s1. The van der Waals surface area contributed by atoms with Crippen LogP contribution < -0.4 is 0 Å².